The maximum absolute atomic E-state index is 13.9. The number of carbonyl (C=O) groups is 1. The van der Waals surface area contributed by atoms with Gasteiger partial charge in [0.1, 0.15) is 12.4 Å². The van der Waals surface area contributed by atoms with Gasteiger partial charge in [-0.15, -0.1) is 0 Å². The van der Waals surface area contributed by atoms with Gasteiger partial charge in [0.25, 0.3) is 5.56 Å². The normalized spacial score (nSPS) is 10.6. The summed E-state index contributed by atoms with van der Waals surface area (Å²) in [5, 5.41) is 9.18. The SMILES string of the molecule is Cc1ccn(CC(=O)Nc2cn[nH]c2-c2ccccc2F)c(=O)c1. The van der Waals surface area contributed by atoms with Crippen molar-refractivity contribution in [3.05, 3.63) is 70.5 Å². The number of aromatic nitrogens is 3. The molecular weight excluding hydrogens is 311 g/mol. The topological polar surface area (TPSA) is 79.8 Å². The molecule has 0 radical (unpaired) electrons. The van der Waals surface area contributed by atoms with E-state index in [2.05, 4.69) is 15.5 Å². The van der Waals surface area contributed by atoms with Gasteiger partial charge in [-0.25, -0.2) is 4.39 Å². The second-order valence-electron chi connectivity index (χ2n) is 5.36. The van der Waals surface area contributed by atoms with Gasteiger partial charge < -0.3 is 9.88 Å². The van der Waals surface area contributed by atoms with E-state index in [4.69, 9.17) is 0 Å². The zero-order valence-corrected chi connectivity index (χ0v) is 12.9. The number of pyridine rings is 1. The molecule has 0 unspecified atom stereocenters. The second-order valence-corrected chi connectivity index (χ2v) is 5.36. The summed E-state index contributed by atoms with van der Waals surface area (Å²) in [5.74, 6) is -0.827. The number of anilines is 1. The number of nitrogens with zero attached hydrogens (tertiary/aromatic N) is 2. The minimum atomic E-state index is -0.424. The molecule has 6 nitrogen and oxygen atoms in total. The Labute approximate surface area is 137 Å². The Morgan fingerprint density at radius 1 is 1.33 bits per heavy atom. The van der Waals surface area contributed by atoms with Crippen LogP contribution in [0.15, 0.2) is 53.6 Å². The highest BCUT2D eigenvalue weighted by Gasteiger charge is 2.14. The molecule has 24 heavy (non-hydrogen) atoms. The van der Waals surface area contributed by atoms with Crippen LogP contribution >= 0.6 is 0 Å². The van der Waals surface area contributed by atoms with Crippen molar-refractivity contribution in [3.8, 4) is 11.3 Å². The average molecular weight is 326 g/mol. The zero-order chi connectivity index (χ0) is 17.1. The van der Waals surface area contributed by atoms with Crippen molar-refractivity contribution in [2.45, 2.75) is 13.5 Å². The fourth-order valence-corrected chi connectivity index (χ4v) is 2.33. The summed E-state index contributed by atoms with van der Waals surface area (Å²) in [6.45, 7) is 1.67. The van der Waals surface area contributed by atoms with Crippen LogP contribution in [-0.2, 0) is 11.3 Å². The van der Waals surface area contributed by atoms with Crippen molar-refractivity contribution in [2.75, 3.05) is 5.32 Å². The van der Waals surface area contributed by atoms with E-state index in [1.807, 2.05) is 0 Å². The molecule has 3 aromatic rings. The molecule has 0 spiro atoms. The van der Waals surface area contributed by atoms with E-state index in [0.29, 0.717) is 16.9 Å². The Kier molecular flexibility index (Phi) is 4.24. The highest BCUT2D eigenvalue weighted by molar-refractivity contribution is 5.94. The summed E-state index contributed by atoms with van der Waals surface area (Å²) in [6, 6.07) is 9.39. The first-order chi connectivity index (χ1) is 11.5. The van der Waals surface area contributed by atoms with Crippen LogP contribution in [0.3, 0.4) is 0 Å². The lowest BCUT2D eigenvalue weighted by Gasteiger charge is -2.08. The van der Waals surface area contributed by atoms with Crippen molar-refractivity contribution in [2.24, 2.45) is 0 Å². The molecule has 0 aliphatic heterocycles. The molecular formula is C17H15FN4O2. The third-order valence-electron chi connectivity index (χ3n) is 3.52. The summed E-state index contributed by atoms with van der Waals surface area (Å²) in [6.07, 6.45) is 2.96. The second kappa shape index (κ2) is 6.49. The number of rotatable bonds is 4. The van der Waals surface area contributed by atoms with Crippen LogP contribution in [0.4, 0.5) is 10.1 Å². The van der Waals surface area contributed by atoms with E-state index in [1.165, 1.54) is 22.9 Å². The highest BCUT2D eigenvalue weighted by Crippen LogP contribution is 2.27. The number of benzene rings is 1. The van der Waals surface area contributed by atoms with Gasteiger partial charge in [-0.2, -0.15) is 5.10 Å². The van der Waals surface area contributed by atoms with Gasteiger partial charge in [0.2, 0.25) is 5.91 Å². The summed E-state index contributed by atoms with van der Waals surface area (Å²) >= 11 is 0. The zero-order valence-electron chi connectivity index (χ0n) is 12.9. The average Bonchev–Trinajstić information content (AvgIpc) is 2.98. The molecule has 0 saturated carbocycles. The van der Waals surface area contributed by atoms with E-state index < -0.39 is 11.7 Å². The van der Waals surface area contributed by atoms with Gasteiger partial charge in [-0.05, 0) is 30.7 Å². The van der Waals surface area contributed by atoms with Crippen LogP contribution in [0.5, 0.6) is 0 Å². The third kappa shape index (κ3) is 3.24. The minimum absolute atomic E-state index is 0.138. The smallest absolute Gasteiger partial charge is 0.251 e. The number of aryl methyl sites for hydroxylation is 1. The molecule has 0 bridgehead atoms. The van der Waals surface area contributed by atoms with E-state index >= 15 is 0 Å². The first-order valence-electron chi connectivity index (χ1n) is 7.30. The molecule has 1 aromatic carbocycles. The quantitative estimate of drug-likeness (QED) is 0.772. The van der Waals surface area contributed by atoms with E-state index in [9.17, 15) is 14.0 Å². The first kappa shape index (κ1) is 15.7. The van der Waals surface area contributed by atoms with Crippen molar-refractivity contribution < 1.29 is 9.18 Å². The molecule has 0 atom stereocenters. The predicted molar refractivity (Wildman–Crippen MR) is 88.1 cm³/mol. The number of aromatic amines is 1. The van der Waals surface area contributed by atoms with E-state index in [-0.39, 0.29) is 12.1 Å². The molecule has 122 valence electrons. The van der Waals surface area contributed by atoms with Gasteiger partial charge >= 0.3 is 0 Å². The fraction of sp³-hybridized carbons (Fsp3) is 0.118. The molecule has 0 aliphatic rings. The Morgan fingerprint density at radius 3 is 2.88 bits per heavy atom. The van der Waals surface area contributed by atoms with Crippen LogP contribution < -0.4 is 10.9 Å². The van der Waals surface area contributed by atoms with Gasteiger partial charge in [-0.3, -0.25) is 14.7 Å². The molecule has 0 saturated heterocycles. The largest absolute Gasteiger partial charge is 0.321 e. The molecule has 1 amide bonds. The maximum atomic E-state index is 13.9. The standard InChI is InChI=1S/C17H15FN4O2/c1-11-6-7-22(16(24)8-11)10-15(23)20-14-9-19-21-17(14)12-4-2-3-5-13(12)18/h2-9H,10H2,1H3,(H,19,21)(H,20,23). The lowest BCUT2D eigenvalue weighted by molar-refractivity contribution is -0.116. The Morgan fingerprint density at radius 2 is 2.12 bits per heavy atom. The third-order valence-corrected chi connectivity index (χ3v) is 3.52. The highest BCUT2D eigenvalue weighted by atomic mass is 19.1. The van der Waals surface area contributed by atoms with Gasteiger partial charge in [-0.1, -0.05) is 12.1 Å². The number of amides is 1. The molecule has 0 aliphatic carbocycles. The molecule has 2 aromatic heterocycles. The summed E-state index contributed by atoms with van der Waals surface area (Å²) in [5.41, 5.74) is 1.60. The molecule has 3 rings (SSSR count). The van der Waals surface area contributed by atoms with E-state index in [0.717, 1.165) is 5.56 Å². The van der Waals surface area contributed by atoms with E-state index in [1.54, 1.807) is 37.4 Å². The Hall–Kier alpha value is -3.22. The van der Waals surface area contributed by atoms with Gasteiger partial charge in [0, 0.05) is 17.8 Å². The molecule has 2 heterocycles. The fourth-order valence-electron chi connectivity index (χ4n) is 2.33. The number of halogens is 1. The number of hydrogen-bond donors (Lipinski definition) is 2. The van der Waals surface area contributed by atoms with Crippen LogP contribution in [0.25, 0.3) is 11.3 Å². The molecule has 0 fully saturated rings. The Balaban J connectivity index is 1.80. The number of hydrogen-bond acceptors (Lipinski definition) is 3. The van der Waals surface area contributed by atoms with Crippen LogP contribution in [0.1, 0.15) is 5.56 Å². The summed E-state index contributed by atoms with van der Waals surface area (Å²) in [4.78, 5) is 24.0. The van der Waals surface area contributed by atoms with Crippen LogP contribution in [-0.4, -0.2) is 20.7 Å². The van der Waals surface area contributed by atoms with Crippen molar-refractivity contribution >= 4 is 11.6 Å². The number of H-pyrrole nitrogens is 1. The monoisotopic (exact) mass is 326 g/mol. The predicted octanol–water partition coefficient (Wildman–Crippen LogP) is 2.32. The first-order valence-corrected chi connectivity index (χ1v) is 7.30. The lowest BCUT2D eigenvalue weighted by atomic mass is 10.1. The van der Waals surface area contributed by atoms with Crippen molar-refractivity contribution in [1.29, 1.82) is 0 Å². The van der Waals surface area contributed by atoms with Gasteiger partial charge in [0.15, 0.2) is 0 Å². The maximum Gasteiger partial charge on any atom is 0.251 e. The number of carbonyl (C=O) groups excluding carboxylic acids is 1. The van der Waals surface area contributed by atoms with Crippen molar-refractivity contribution in [3.63, 3.8) is 0 Å². The molecule has 2 N–H and O–H groups in total. The van der Waals surface area contributed by atoms with Crippen LogP contribution in [0.2, 0.25) is 0 Å². The van der Waals surface area contributed by atoms with Gasteiger partial charge in [0.05, 0.1) is 17.6 Å². The number of nitrogens with one attached hydrogen (secondary N) is 2. The van der Waals surface area contributed by atoms with Crippen LogP contribution in [0, 0.1) is 12.7 Å². The lowest BCUT2D eigenvalue weighted by Crippen LogP contribution is -2.26. The van der Waals surface area contributed by atoms with Crippen molar-refractivity contribution in [1.82, 2.24) is 14.8 Å². The summed E-state index contributed by atoms with van der Waals surface area (Å²) < 4.78 is 15.2. The minimum Gasteiger partial charge on any atom is -0.321 e. The summed E-state index contributed by atoms with van der Waals surface area (Å²) in [7, 11) is 0. The molecule has 7 heteroatoms. The Bertz CT molecular complexity index is 946.